The van der Waals surface area contributed by atoms with Crippen molar-refractivity contribution < 1.29 is 4.79 Å². The fourth-order valence-electron chi connectivity index (χ4n) is 2.62. The molecule has 0 amide bonds. The van der Waals surface area contributed by atoms with Gasteiger partial charge in [0.15, 0.2) is 0 Å². The number of rotatable bonds is 2. The second-order valence-corrected chi connectivity index (χ2v) is 5.48. The average Bonchev–Trinajstić information content (AvgIpc) is 2.76. The molecular weight excluding hydrogens is 160 g/mol. The first kappa shape index (κ1) is 9.23. The van der Waals surface area contributed by atoms with E-state index in [-0.39, 0.29) is 0 Å². The van der Waals surface area contributed by atoms with Gasteiger partial charge in [-0.25, -0.2) is 0 Å². The highest BCUT2D eigenvalue weighted by Gasteiger charge is 2.51. The van der Waals surface area contributed by atoms with E-state index in [1.165, 1.54) is 32.1 Å². The molecule has 0 aliphatic heterocycles. The molecule has 1 heteroatoms. The fourth-order valence-corrected chi connectivity index (χ4v) is 2.62. The summed E-state index contributed by atoms with van der Waals surface area (Å²) in [4.78, 5) is 12.0. The lowest BCUT2D eigenvalue weighted by atomic mass is 9.83. The average molecular weight is 180 g/mol. The van der Waals surface area contributed by atoms with Crippen molar-refractivity contribution in [3.8, 4) is 0 Å². The van der Waals surface area contributed by atoms with Crippen LogP contribution in [0.3, 0.4) is 0 Å². The number of hydrogen-bond donors (Lipinski definition) is 0. The van der Waals surface area contributed by atoms with Crippen molar-refractivity contribution in [2.45, 2.75) is 52.4 Å². The molecule has 1 atom stereocenters. The van der Waals surface area contributed by atoms with Crippen LogP contribution in [0.25, 0.3) is 0 Å². The summed E-state index contributed by atoms with van der Waals surface area (Å²) in [5.74, 6) is 1.43. The molecule has 13 heavy (non-hydrogen) atoms. The van der Waals surface area contributed by atoms with Gasteiger partial charge in [0, 0.05) is 11.8 Å². The van der Waals surface area contributed by atoms with Gasteiger partial charge >= 0.3 is 0 Å². The van der Waals surface area contributed by atoms with Gasteiger partial charge in [0.05, 0.1) is 0 Å². The van der Waals surface area contributed by atoms with Crippen LogP contribution in [-0.2, 0) is 4.79 Å². The third kappa shape index (κ3) is 1.79. The van der Waals surface area contributed by atoms with E-state index in [1.807, 2.05) is 0 Å². The van der Waals surface area contributed by atoms with Crippen LogP contribution >= 0.6 is 0 Å². The van der Waals surface area contributed by atoms with E-state index < -0.39 is 0 Å². The molecule has 0 aromatic carbocycles. The van der Waals surface area contributed by atoms with Gasteiger partial charge in [-0.1, -0.05) is 33.1 Å². The maximum absolute atomic E-state index is 12.0. The quantitative estimate of drug-likeness (QED) is 0.638. The molecule has 2 saturated carbocycles. The third-order valence-corrected chi connectivity index (χ3v) is 3.86. The summed E-state index contributed by atoms with van der Waals surface area (Å²) in [5.41, 5.74) is 0.342. The smallest absolute Gasteiger partial charge is 0.139 e. The molecule has 0 radical (unpaired) electrons. The summed E-state index contributed by atoms with van der Waals surface area (Å²) in [6, 6.07) is 0. The molecule has 0 bridgehead atoms. The minimum Gasteiger partial charge on any atom is -0.299 e. The van der Waals surface area contributed by atoms with Crippen LogP contribution in [0.5, 0.6) is 0 Å². The Morgan fingerprint density at radius 2 is 1.69 bits per heavy atom. The Morgan fingerprint density at radius 3 is 2.15 bits per heavy atom. The van der Waals surface area contributed by atoms with Gasteiger partial charge in [0.1, 0.15) is 5.78 Å². The lowest BCUT2D eigenvalue weighted by Gasteiger charge is -2.20. The highest BCUT2D eigenvalue weighted by atomic mass is 16.1. The number of carbonyl (C=O) groups is 1. The highest BCUT2D eigenvalue weighted by molar-refractivity contribution is 5.86. The van der Waals surface area contributed by atoms with E-state index >= 15 is 0 Å². The molecule has 1 nitrogen and oxygen atoms in total. The van der Waals surface area contributed by atoms with Crippen molar-refractivity contribution in [2.24, 2.45) is 17.3 Å². The van der Waals surface area contributed by atoms with Crippen LogP contribution in [-0.4, -0.2) is 5.78 Å². The van der Waals surface area contributed by atoms with E-state index in [2.05, 4.69) is 13.8 Å². The summed E-state index contributed by atoms with van der Waals surface area (Å²) in [5, 5.41) is 0. The van der Waals surface area contributed by atoms with Gasteiger partial charge in [-0.3, -0.25) is 4.79 Å². The summed E-state index contributed by atoms with van der Waals surface area (Å²) in [6.45, 7) is 4.44. The lowest BCUT2D eigenvalue weighted by Crippen LogP contribution is -2.20. The van der Waals surface area contributed by atoms with Crippen LogP contribution < -0.4 is 0 Å². The lowest BCUT2D eigenvalue weighted by molar-refractivity contribution is -0.125. The largest absolute Gasteiger partial charge is 0.299 e. The first-order chi connectivity index (χ1) is 6.11. The van der Waals surface area contributed by atoms with Crippen molar-refractivity contribution in [1.29, 1.82) is 0 Å². The van der Waals surface area contributed by atoms with Crippen LogP contribution in [0, 0.1) is 17.3 Å². The Balaban J connectivity index is 1.90. The molecule has 2 aliphatic carbocycles. The number of hydrogen-bond acceptors (Lipinski definition) is 1. The van der Waals surface area contributed by atoms with Crippen LogP contribution in [0.2, 0.25) is 0 Å². The minimum absolute atomic E-state index is 0.342. The molecule has 0 N–H and O–H groups in total. The highest BCUT2D eigenvalue weighted by Crippen LogP contribution is 2.53. The zero-order chi connectivity index (χ0) is 9.47. The van der Waals surface area contributed by atoms with Gasteiger partial charge in [-0.15, -0.1) is 0 Å². The van der Waals surface area contributed by atoms with Crippen molar-refractivity contribution in [2.75, 3.05) is 0 Å². The first-order valence-corrected chi connectivity index (χ1v) is 5.65. The zero-order valence-corrected chi connectivity index (χ0v) is 8.81. The van der Waals surface area contributed by atoms with E-state index in [0.29, 0.717) is 23.0 Å². The Kier molecular flexibility index (Phi) is 2.21. The molecule has 2 fully saturated rings. The molecule has 0 aromatic rings. The number of ketones is 1. The van der Waals surface area contributed by atoms with Crippen molar-refractivity contribution in [3.63, 3.8) is 0 Å². The number of Topliss-reactive ketones (excluding diaryl/α,β-unsaturated/α-hetero) is 1. The Morgan fingerprint density at radius 1 is 1.15 bits per heavy atom. The maximum atomic E-state index is 12.0. The normalized spacial score (nSPS) is 32.9. The maximum Gasteiger partial charge on any atom is 0.139 e. The molecule has 0 heterocycles. The minimum atomic E-state index is 0.342. The zero-order valence-electron chi connectivity index (χ0n) is 8.81. The number of carbonyl (C=O) groups excluding carboxylic acids is 1. The van der Waals surface area contributed by atoms with Gasteiger partial charge in [0.25, 0.3) is 0 Å². The first-order valence-electron chi connectivity index (χ1n) is 5.65. The standard InChI is InChI=1S/C12H20O/c1-12(2)8-10(12)11(13)9-6-4-3-5-7-9/h9-10H,3-8H2,1-2H3. The van der Waals surface area contributed by atoms with Gasteiger partial charge < -0.3 is 0 Å². The van der Waals surface area contributed by atoms with Gasteiger partial charge in [-0.05, 0) is 24.7 Å². The summed E-state index contributed by atoms with van der Waals surface area (Å²) >= 11 is 0. The van der Waals surface area contributed by atoms with Crippen LogP contribution in [0.4, 0.5) is 0 Å². The predicted octanol–water partition coefficient (Wildman–Crippen LogP) is 3.18. The third-order valence-electron chi connectivity index (χ3n) is 3.86. The second kappa shape index (κ2) is 3.11. The molecular formula is C12H20O. The summed E-state index contributed by atoms with van der Waals surface area (Å²) in [6.07, 6.45) is 7.39. The van der Waals surface area contributed by atoms with E-state index in [1.54, 1.807) is 0 Å². The monoisotopic (exact) mass is 180 g/mol. The van der Waals surface area contributed by atoms with Crippen molar-refractivity contribution in [3.05, 3.63) is 0 Å². The molecule has 74 valence electrons. The van der Waals surface area contributed by atoms with Crippen LogP contribution in [0.15, 0.2) is 0 Å². The second-order valence-electron chi connectivity index (χ2n) is 5.48. The van der Waals surface area contributed by atoms with Crippen molar-refractivity contribution in [1.82, 2.24) is 0 Å². The van der Waals surface area contributed by atoms with Gasteiger partial charge in [0.2, 0.25) is 0 Å². The van der Waals surface area contributed by atoms with E-state index in [0.717, 1.165) is 6.42 Å². The SMILES string of the molecule is CC1(C)CC1C(=O)C1CCCCC1. The summed E-state index contributed by atoms with van der Waals surface area (Å²) in [7, 11) is 0. The Bertz CT molecular complexity index is 211. The molecule has 0 spiro atoms. The van der Waals surface area contributed by atoms with Crippen molar-refractivity contribution >= 4 is 5.78 Å². The van der Waals surface area contributed by atoms with Gasteiger partial charge in [-0.2, -0.15) is 0 Å². The van der Waals surface area contributed by atoms with E-state index in [4.69, 9.17) is 0 Å². The molecule has 0 aromatic heterocycles. The Hall–Kier alpha value is -0.330. The predicted molar refractivity (Wildman–Crippen MR) is 53.5 cm³/mol. The van der Waals surface area contributed by atoms with E-state index in [9.17, 15) is 4.79 Å². The molecule has 2 aliphatic rings. The van der Waals surface area contributed by atoms with Crippen LogP contribution in [0.1, 0.15) is 52.4 Å². The molecule has 2 rings (SSSR count). The molecule has 1 unspecified atom stereocenters. The summed E-state index contributed by atoms with van der Waals surface area (Å²) < 4.78 is 0. The topological polar surface area (TPSA) is 17.1 Å². The molecule has 0 saturated heterocycles. The Labute approximate surface area is 80.9 Å². The fraction of sp³-hybridized carbons (Fsp3) is 0.917.